The van der Waals surface area contributed by atoms with Crippen molar-refractivity contribution in [3.63, 3.8) is 0 Å². The first-order valence-electron chi connectivity index (χ1n) is 9.96. The Morgan fingerprint density at radius 2 is 1.64 bits per heavy atom. The van der Waals surface area contributed by atoms with Crippen molar-refractivity contribution in [2.24, 2.45) is 0 Å². The van der Waals surface area contributed by atoms with Crippen molar-refractivity contribution in [2.45, 2.75) is 50.4 Å². The van der Waals surface area contributed by atoms with Crippen molar-refractivity contribution >= 4 is 11.6 Å². The van der Waals surface area contributed by atoms with E-state index in [0.29, 0.717) is 0 Å². The van der Waals surface area contributed by atoms with Gasteiger partial charge in [0.15, 0.2) is 0 Å². The average Bonchev–Trinajstić information content (AvgIpc) is 2.68. The molecule has 0 bridgehead atoms. The van der Waals surface area contributed by atoms with Gasteiger partial charge in [-0.1, -0.05) is 48.0 Å². The number of likely N-dealkylation sites (tertiary alicyclic amines) is 1. The number of halogens is 1. The molecule has 1 fully saturated rings. The van der Waals surface area contributed by atoms with Crippen molar-refractivity contribution in [3.8, 4) is 0 Å². The van der Waals surface area contributed by atoms with Crippen LogP contribution in [0, 0.1) is 0 Å². The number of hydrogen-bond donors (Lipinski definition) is 1. The molecule has 1 aliphatic carbocycles. The van der Waals surface area contributed by atoms with Gasteiger partial charge in [-0.3, -0.25) is 0 Å². The zero-order valence-corrected chi connectivity index (χ0v) is 15.8. The third-order valence-electron chi connectivity index (χ3n) is 6.45. The standard InChI is InChI=1S/C23H28ClN/c24-21-12-10-20(11-13-21)23(15-18-25-16-4-1-5-17-25)14-6-8-19-7-2-3-9-22(19)23/h2-3,7,9-13H,1,4-6,8,14-18H2/p+1/t23-/m1/s1. The van der Waals surface area contributed by atoms with Crippen LogP contribution in [0.2, 0.25) is 5.02 Å². The monoisotopic (exact) mass is 354 g/mol. The second-order valence-corrected chi connectivity index (χ2v) is 8.35. The maximum Gasteiger partial charge on any atom is 0.0782 e. The summed E-state index contributed by atoms with van der Waals surface area (Å²) in [5.74, 6) is 0. The highest BCUT2D eigenvalue weighted by atomic mass is 35.5. The van der Waals surface area contributed by atoms with Crippen LogP contribution in [0.5, 0.6) is 0 Å². The molecule has 0 amide bonds. The summed E-state index contributed by atoms with van der Waals surface area (Å²) in [5.41, 5.74) is 4.75. The highest BCUT2D eigenvalue weighted by Crippen LogP contribution is 2.45. The van der Waals surface area contributed by atoms with Crippen LogP contribution < -0.4 is 4.90 Å². The minimum atomic E-state index is 0.171. The maximum atomic E-state index is 6.19. The molecule has 2 heteroatoms. The molecule has 2 aromatic rings. The Kier molecular flexibility index (Phi) is 5.15. The van der Waals surface area contributed by atoms with Gasteiger partial charge >= 0.3 is 0 Å². The van der Waals surface area contributed by atoms with Crippen LogP contribution >= 0.6 is 11.6 Å². The molecule has 1 N–H and O–H groups in total. The predicted molar refractivity (Wildman–Crippen MR) is 106 cm³/mol. The summed E-state index contributed by atoms with van der Waals surface area (Å²) >= 11 is 6.19. The highest BCUT2D eigenvalue weighted by Gasteiger charge is 2.38. The first-order valence-corrected chi connectivity index (χ1v) is 10.3. The van der Waals surface area contributed by atoms with Crippen LogP contribution in [0.15, 0.2) is 48.5 Å². The number of fused-ring (bicyclic) bond motifs is 1. The summed E-state index contributed by atoms with van der Waals surface area (Å²) in [5, 5.41) is 0.838. The maximum absolute atomic E-state index is 6.19. The van der Waals surface area contributed by atoms with Gasteiger partial charge in [0.1, 0.15) is 0 Å². The number of hydrogen-bond acceptors (Lipinski definition) is 0. The van der Waals surface area contributed by atoms with E-state index in [4.69, 9.17) is 11.6 Å². The molecule has 1 aliphatic heterocycles. The van der Waals surface area contributed by atoms with Crippen molar-refractivity contribution < 1.29 is 4.90 Å². The molecule has 0 saturated carbocycles. The summed E-state index contributed by atoms with van der Waals surface area (Å²) in [6, 6.07) is 17.8. The van der Waals surface area contributed by atoms with Crippen molar-refractivity contribution in [3.05, 3.63) is 70.2 Å². The van der Waals surface area contributed by atoms with Gasteiger partial charge in [-0.05, 0) is 67.3 Å². The summed E-state index contributed by atoms with van der Waals surface area (Å²) in [6.45, 7) is 4.01. The van der Waals surface area contributed by atoms with Crippen molar-refractivity contribution in [1.82, 2.24) is 0 Å². The van der Waals surface area contributed by atoms with Gasteiger partial charge in [0.25, 0.3) is 0 Å². The van der Waals surface area contributed by atoms with Gasteiger partial charge in [-0.25, -0.2) is 0 Å². The van der Waals surface area contributed by atoms with E-state index in [-0.39, 0.29) is 5.41 Å². The number of rotatable bonds is 4. The molecule has 1 atom stereocenters. The van der Waals surface area contributed by atoms with Gasteiger partial charge in [0.05, 0.1) is 19.6 Å². The van der Waals surface area contributed by atoms with Gasteiger partial charge in [-0.2, -0.15) is 0 Å². The Morgan fingerprint density at radius 3 is 2.44 bits per heavy atom. The largest absolute Gasteiger partial charge is 0.335 e. The minimum absolute atomic E-state index is 0.171. The van der Waals surface area contributed by atoms with E-state index >= 15 is 0 Å². The molecular formula is C23H29ClN+. The van der Waals surface area contributed by atoms with Gasteiger partial charge in [0, 0.05) is 16.9 Å². The van der Waals surface area contributed by atoms with Gasteiger partial charge in [0.2, 0.25) is 0 Å². The van der Waals surface area contributed by atoms with E-state index in [1.807, 2.05) is 4.90 Å². The van der Waals surface area contributed by atoms with Crippen molar-refractivity contribution in [2.75, 3.05) is 19.6 Å². The molecule has 1 heterocycles. The molecule has 1 saturated heterocycles. The summed E-state index contributed by atoms with van der Waals surface area (Å²) in [6.07, 6.45) is 9.26. The number of piperidine rings is 1. The molecule has 2 aliphatic rings. The van der Waals surface area contributed by atoms with E-state index in [0.717, 1.165) is 5.02 Å². The van der Waals surface area contributed by atoms with Crippen LogP contribution in [0.1, 0.15) is 55.2 Å². The van der Waals surface area contributed by atoms with E-state index in [1.54, 1.807) is 11.1 Å². The quantitative estimate of drug-likeness (QED) is 0.828. The molecule has 2 aromatic carbocycles. The van der Waals surface area contributed by atoms with Crippen molar-refractivity contribution in [1.29, 1.82) is 0 Å². The third-order valence-corrected chi connectivity index (χ3v) is 6.70. The Balaban J connectivity index is 1.70. The van der Waals surface area contributed by atoms with E-state index in [1.165, 1.54) is 70.1 Å². The lowest BCUT2D eigenvalue weighted by molar-refractivity contribution is -0.905. The van der Waals surface area contributed by atoms with Crippen LogP contribution in [0.3, 0.4) is 0 Å². The third kappa shape index (κ3) is 3.50. The molecule has 0 radical (unpaired) electrons. The van der Waals surface area contributed by atoms with Crippen LogP contribution in [0.25, 0.3) is 0 Å². The topological polar surface area (TPSA) is 4.44 Å². The Morgan fingerprint density at radius 1 is 0.880 bits per heavy atom. The lowest BCUT2D eigenvalue weighted by Gasteiger charge is -2.41. The fourth-order valence-electron chi connectivity index (χ4n) is 5.09. The summed E-state index contributed by atoms with van der Waals surface area (Å²) in [7, 11) is 0. The van der Waals surface area contributed by atoms with Crippen LogP contribution in [-0.4, -0.2) is 19.6 Å². The molecule has 4 rings (SSSR count). The van der Waals surface area contributed by atoms with E-state index in [2.05, 4.69) is 48.5 Å². The Hall–Kier alpha value is -1.31. The number of benzene rings is 2. The fraction of sp³-hybridized carbons (Fsp3) is 0.478. The summed E-state index contributed by atoms with van der Waals surface area (Å²) in [4.78, 5) is 1.81. The minimum Gasteiger partial charge on any atom is -0.335 e. The Bertz CT molecular complexity index is 702. The number of quaternary nitrogens is 1. The van der Waals surface area contributed by atoms with Gasteiger partial charge < -0.3 is 4.90 Å². The molecular weight excluding hydrogens is 326 g/mol. The molecule has 0 unspecified atom stereocenters. The number of nitrogens with one attached hydrogen (secondary N) is 1. The van der Waals surface area contributed by atoms with E-state index in [9.17, 15) is 0 Å². The molecule has 0 aromatic heterocycles. The zero-order valence-electron chi connectivity index (χ0n) is 15.1. The first-order chi connectivity index (χ1) is 12.3. The molecule has 132 valence electrons. The summed E-state index contributed by atoms with van der Waals surface area (Å²) < 4.78 is 0. The Labute approximate surface area is 157 Å². The molecule has 1 nitrogen and oxygen atoms in total. The number of aryl methyl sites for hydroxylation is 1. The molecule has 25 heavy (non-hydrogen) atoms. The van der Waals surface area contributed by atoms with Crippen LogP contribution in [0.4, 0.5) is 0 Å². The predicted octanol–water partition coefficient (Wildman–Crippen LogP) is 4.42. The zero-order chi connectivity index (χ0) is 17.1. The smallest absolute Gasteiger partial charge is 0.0782 e. The molecule has 0 spiro atoms. The lowest BCUT2D eigenvalue weighted by Crippen LogP contribution is -3.13. The van der Waals surface area contributed by atoms with E-state index < -0.39 is 0 Å². The normalized spacial score (nSPS) is 24.0. The second kappa shape index (κ2) is 7.51. The fourth-order valence-corrected chi connectivity index (χ4v) is 5.21. The first kappa shape index (κ1) is 17.1. The average molecular weight is 355 g/mol. The second-order valence-electron chi connectivity index (χ2n) is 7.91. The van der Waals surface area contributed by atoms with Crippen LogP contribution in [-0.2, 0) is 11.8 Å². The SMILES string of the molecule is Clc1ccc([C@]2(CC[NH+]3CCCCC3)CCCc3ccccc32)cc1. The highest BCUT2D eigenvalue weighted by molar-refractivity contribution is 6.30. The lowest BCUT2D eigenvalue weighted by atomic mass is 9.64. The van der Waals surface area contributed by atoms with Gasteiger partial charge in [-0.15, -0.1) is 0 Å².